The summed E-state index contributed by atoms with van der Waals surface area (Å²) in [4.78, 5) is 8.41. The van der Waals surface area contributed by atoms with Gasteiger partial charge in [-0.05, 0) is 37.8 Å². The quantitative estimate of drug-likeness (QED) is 0.465. The molecule has 10 heteroatoms. The molecule has 0 spiro atoms. The lowest BCUT2D eigenvalue weighted by Gasteiger charge is -2.21. The molecule has 0 radical (unpaired) electrons. The summed E-state index contributed by atoms with van der Waals surface area (Å²) in [7, 11) is 1.66. The second-order valence-electron chi connectivity index (χ2n) is 7.25. The van der Waals surface area contributed by atoms with E-state index < -0.39 is 11.7 Å². The number of methoxy groups -OCH3 is 1. The van der Waals surface area contributed by atoms with Crippen LogP contribution < -0.4 is 0 Å². The van der Waals surface area contributed by atoms with E-state index >= 15 is 0 Å². The molecule has 0 bridgehead atoms. The van der Waals surface area contributed by atoms with Crippen LogP contribution in [0.5, 0.6) is 0 Å². The maximum absolute atomic E-state index is 14.5. The van der Waals surface area contributed by atoms with Gasteiger partial charge in [-0.2, -0.15) is 9.37 Å². The van der Waals surface area contributed by atoms with Gasteiger partial charge in [0, 0.05) is 12.5 Å². The standard InChI is InChI=1S/C19H16FN7O2/c1-28-19(8-4-5-9-19)17-22-14(25-29-17)16-24-23-15-11-6-2-3-7-12(11)26-13(27(15)16)10-21-18(26)20/h2-3,6-7,10H,4-5,8-9H2,1H3. The zero-order valence-electron chi connectivity index (χ0n) is 15.5. The van der Waals surface area contributed by atoms with E-state index in [-0.39, 0.29) is 5.82 Å². The molecule has 0 N–H and O–H groups in total. The van der Waals surface area contributed by atoms with E-state index in [2.05, 4.69) is 25.3 Å². The lowest BCUT2D eigenvalue weighted by Crippen LogP contribution is -2.24. The molecule has 1 aromatic carbocycles. The lowest BCUT2D eigenvalue weighted by atomic mass is 10.0. The zero-order chi connectivity index (χ0) is 19.6. The van der Waals surface area contributed by atoms with Crippen LogP contribution in [0.2, 0.25) is 0 Å². The fraction of sp³-hybridized carbons (Fsp3) is 0.316. The number of hydrogen-bond acceptors (Lipinski definition) is 7. The maximum atomic E-state index is 14.5. The van der Waals surface area contributed by atoms with Crippen LogP contribution in [-0.4, -0.2) is 41.2 Å². The van der Waals surface area contributed by atoms with E-state index in [4.69, 9.17) is 9.26 Å². The first-order chi connectivity index (χ1) is 14.2. The van der Waals surface area contributed by atoms with Gasteiger partial charge in [0.05, 0.1) is 11.7 Å². The Balaban J connectivity index is 1.63. The Morgan fingerprint density at radius 1 is 1.14 bits per heavy atom. The molecule has 0 aliphatic heterocycles. The molecular formula is C19H16FN7O2. The van der Waals surface area contributed by atoms with Gasteiger partial charge in [0.1, 0.15) is 11.2 Å². The minimum Gasteiger partial charge on any atom is -0.368 e. The zero-order valence-corrected chi connectivity index (χ0v) is 15.5. The molecule has 0 amide bonds. The summed E-state index contributed by atoms with van der Waals surface area (Å²) in [6, 6.07) is 7.39. The van der Waals surface area contributed by atoms with Gasteiger partial charge in [-0.1, -0.05) is 17.3 Å². The number of benzene rings is 1. The third-order valence-electron chi connectivity index (χ3n) is 5.80. The largest absolute Gasteiger partial charge is 0.368 e. The average Bonchev–Trinajstić information content (AvgIpc) is 3.52. The molecule has 4 aromatic heterocycles. The summed E-state index contributed by atoms with van der Waals surface area (Å²) in [5.41, 5.74) is 1.14. The minimum absolute atomic E-state index is 0.273. The number of fused-ring (bicyclic) bond motifs is 6. The third-order valence-corrected chi connectivity index (χ3v) is 5.80. The monoisotopic (exact) mass is 393 g/mol. The SMILES string of the molecule is COC1(c2nc(-c3nnc4c5ccccc5n5c(F)ncc5n34)no2)CCCC1. The van der Waals surface area contributed by atoms with Gasteiger partial charge in [0.25, 0.3) is 12.0 Å². The summed E-state index contributed by atoms with van der Waals surface area (Å²) in [6.45, 7) is 0. The molecule has 1 aliphatic rings. The van der Waals surface area contributed by atoms with E-state index in [1.54, 1.807) is 11.5 Å². The summed E-state index contributed by atoms with van der Waals surface area (Å²) in [5, 5.41) is 13.5. The molecule has 146 valence electrons. The molecule has 9 nitrogen and oxygen atoms in total. The van der Waals surface area contributed by atoms with E-state index in [0.29, 0.717) is 28.5 Å². The number of para-hydroxylation sites is 1. The molecule has 5 aromatic rings. The van der Waals surface area contributed by atoms with Crippen molar-refractivity contribution in [3.05, 3.63) is 42.4 Å². The van der Waals surface area contributed by atoms with Gasteiger partial charge in [0.15, 0.2) is 5.65 Å². The van der Waals surface area contributed by atoms with E-state index in [9.17, 15) is 4.39 Å². The van der Waals surface area contributed by atoms with Crippen molar-refractivity contribution in [1.82, 2.24) is 34.1 Å². The Kier molecular flexibility index (Phi) is 3.31. The first kappa shape index (κ1) is 16.5. The average molecular weight is 393 g/mol. The predicted molar refractivity (Wildman–Crippen MR) is 99.6 cm³/mol. The molecule has 29 heavy (non-hydrogen) atoms. The lowest BCUT2D eigenvalue weighted by molar-refractivity contribution is -0.0342. The highest BCUT2D eigenvalue weighted by Crippen LogP contribution is 2.41. The topological polar surface area (TPSA) is 95.6 Å². The number of nitrogens with zero attached hydrogens (tertiary/aromatic N) is 7. The Morgan fingerprint density at radius 3 is 2.79 bits per heavy atom. The number of hydrogen-bond donors (Lipinski definition) is 0. The van der Waals surface area contributed by atoms with Crippen LogP contribution in [0.3, 0.4) is 0 Å². The summed E-state index contributed by atoms with van der Waals surface area (Å²) in [6.07, 6.45) is 4.57. The van der Waals surface area contributed by atoms with Crippen LogP contribution in [0.1, 0.15) is 31.6 Å². The Labute approximate surface area is 163 Å². The van der Waals surface area contributed by atoms with Crippen molar-refractivity contribution in [3.8, 4) is 11.6 Å². The Hall–Kier alpha value is -3.40. The van der Waals surface area contributed by atoms with Gasteiger partial charge in [-0.3, -0.25) is 8.80 Å². The van der Waals surface area contributed by atoms with Crippen molar-refractivity contribution >= 4 is 22.2 Å². The van der Waals surface area contributed by atoms with Crippen molar-refractivity contribution in [2.75, 3.05) is 7.11 Å². The highest BCUT2D eigenvalue weighted by atomic mass is 19.1. The smallest absolute Gasteiger partial charge is 0.295 e. The minimum atomic E-state index is -0.615. The fourth-order valence-corrected chi connectivity index (χ4v) is 4.33. The molecule has 1 fully saturated rings. The highest BCUT2D eigenvalue weighted by molar-refractivity contribution is 5.94. The Morgan fingerprint density at radius 2 is 1.97 bits per heavy atom. The van der Waals surface area contributed by atoms with Gasteiger partial charge >= 0.3 is 0 Å². The molecule has 4 heterocycles. The van der Waals surface area contributed by atoms with E-state index in [1.807, 2.05) is 24.3 Å². The fourth-order valence-electron chi connectivity index (χ4n) is 4.33. The summed E-state index contributed by atoms with van der Waals surface area (Å²) >= 11 is 0. The summed E-state index contributed by atoms with van der Waals surface area (Å²) < 4.78 is 28.9. The third kappa shape index (κ3) is 2.14. The van der Waals surface area contributed by atoms with Crippen LogP contribution in [0.4, 0.5) is 4.39 Å². The van der Waals surface area contributed by atoms with Crippen molar-refractivity contribution in [1.29, 1.82) is 0 Å². The first-order valence-electron chi connectivity index (χ1n) is 9.40. The van der Waals surface area contributed by atoms with Crippen LogP contribution >= 0.6 is 0 Å². The molecule has 1 aliphatic carbocycles. The molecule has 6 rings (SSSR count). The van der Waals surface area contributed by atoms with Gasteiger partial charge in [0.2, 0.25) is 11.6 Å². The van der Waals surface area contributed by atoms with E-state index in [0.717, 1.165) is 31.1 Å². The Bertz CT molecular complexity index is 1380. The first-order valence-corrected chi connectivity index (χ1v) is 9.40. The van der Waals surface area contributed by atoms with Crippen molar-refractivity contribution < 1.29 is 13.7 Å². The predicted octanol–water partition coefficient (Wildman–Crippen LogP) is 3.14. The molecule has 0 unspecified atom stereocenters. The van der Waals surface area contributed by atoms with E-state index in [1.165, 1.54) is 10.6 Å². The normalized spacial score (nSPS) is 16.5. The van der Waals surface area contributed by atoms with Crippen molar-refractivity contribution in [2.24, 2.45) is 0 Å². The second kappa shape index (κ2) is 5.80. The van der Waals surface area contributed by atoms with Crippen LogP contribution in [-0.2, 0) is 10.3 Å². The number of ether oxygens (including phenoxy) is 1. The molecule has 0 saturated heterocycles. The van der Waals surface area contributed by atoms with Gasteiger partial charge in [-0.15, -0.1) is 10.2 Å². The number of halogens is 1. The molecule has 0 atom stereocenters. The van der Waals surface area contributed by atoms with Crippen molar-refractivity contribution in [2.45, 2.75) is 31.3 Å². The van der Waals surface area contributed by atoms with Gasteiger partial charge in [-0.25, -0.2) is 4.98 Å². The van der Waals surface area contributed by atoms with Gasteiger partial charge < -0.3 is 9.26 Å². The molecular weight excluding hydrogens is 377 g/mol. The summed E-state index contributed by atoms with van der Waals surface area (Å²) in [5.74, 6) is 1.06. The molecule has 1 saturated carbocycles. The number of aromatic nitrogens is 7. The highest BCUT2D eigenvalue weighted by Gasteiger charge is 2.41. The maximum Gasteiger partial charge on any atom is 0.295 e. The van der Waals surface area contributed by atoms with Crippen LogP contribution in [0, 0.1) is 6.08 Å². The number of imidazole rings is 1. The van der Waals surface area contributed by atoms with Crippen molar-refractivity contribution in [3.63, 3.8) is 0 Å². The number of rotatable bonds is 3. The van der Waals surface area contributed by atoms with Crippen LogP contribution in [0.15, 0.2) is 35.0 Å². The van der Waals surface area contributed by atoms with Crippen LogP contribution in [0.25, 0.3) is 33.8 Å². The second-order valence-corrected chi connectivity index (χ2v) is 7.25.